The molecule has 2 unspecified atom stereocenters. The number of thiophene rings is 1. The minimum absolute atomic E-state index is 0.217. The van der Waals surface area contributed by atoms with Gasteiger partial charge in [0.15, 0.2) is 0 Å². The summed E-state index contributed by atoms with van der Waals surface area (Å²) in [5.74, 6) is 1.05. The van der Waals surface area contributed by atoms with Crippen molar-refractivity contribution >= 4 is 43.3 Å². The lowest BCUT2D eigenvalue weighted by molar-refractivity contribution is -0.00213. The summed E-state index contributed by atoms with van der Waals surface area (Å²) in [7, 11) is 0. The molecule has 0 radical (unpaired) electrons. The minimum atomic E-state index is 0.217. The molecule has 19 heavy (non-hydrogen) atoms. The van der Waals surface area contributed by atoms with Gasteiger partial charge in [0.2, 0.25) is 0 Å². The first-order valence-corrected chi connectivity index (χ1v) is 8.34. The van der Waals surface area contributed by atoms with Crippen molar-refractivity contribution in [3.05, 3.63) is 17.3 Å². The topological polar surface area (TPSA) is 38.2 Å². The van der Waals surface area contributed by atoms with Crippen LogP contribution in [0.25, 0.3) is 10.2 Å². The summed E-state index contributed by atoms with van der Waals surface area (Å²) in [6.07, 6.45) is 2.11. The van der Waals surface area contributed by atoms with Crippen LogP contribution >= 0.6 is 27.3 Å². The maximum Gasteiger partial charge on any atom is 0.150 e. The number of halogens is 1. The number of aryl methyl sites for hydroxylation is 1. The zero-order valence-corrected chi connectivity index (χ0v) is 13.4. The highest BCUT2D eigenvalue weighted by atomic mass is 79.9. The van der Waals surface area contributed by atoms with Crippen LogP contribution in [0.15, 0.2) is 11.7 Å². The molecule has 0 bridgehead atoms. The lowest BCUT2D eigenvalue weighted by Gasteiger charge is -2.36. The number of anilines is 1. The Morgan fingerprint density at radius 2 is 2.32 bits per heavy atom. The van der Waals surface area contributed by atoms with E-state index in [-0.39, 0.29) is 12.2 Å². The zero-order chi connectivity index (χ0) is 13.4. The van der Waals surface area contributed by atoms with E-state index < -0.39 is 0 Å². The van der Waals surface area contributed by atoms with Crippen molar-refractivity contribution in [3.8, 4) is 0 Å². The average molecular weight is 342 g/mol. The SMILES string of the molecule is Cc1csc2c(N3CC(C)OC(CBr)C3)ncnc12. The van der Waals surface area contributed by atoms with E-state index in [1.807, 2.05) is 0 Å². The third-order valence-corrected chi connectivity index (χ3v) is 5.12. The van der Waals surface area contributed by atoms with E-state index in [4.69, 9.17) is 4.74 Å². The van der Waals surface area contributed by atoms with Crippen molar-refractivity contribution in [1.29, 1.82) is 0 Å². The largest absolute Gasteiger partial charge is 0.371 e. The van der Waals surface area contributed by atoms with Gasteiger partial charge in [-0.15, -0.1) is 11.3 Å². The highest BCUT2D eigenvalue weighted by molar-refractivity contribution is 9.09. The Labute approximate surface area is 124 Å². The summed E-state index contributed by atoms with van der Waals surface area (Å²) in [6.45, 7) is 5.96. The quantitative estimate of drug-likeness (QED) is 0.787. The lowest BCUT2D eigenvalue weighted by atomic mass is 10.2. The van der Waals surface area contributed by atoms with Crippen molar-refractivity contribution in [3.63, 3.8) is 0 Å². The second kappa shape index (κ2) is 5.34. The van der Waals surface area contributed by atoms with Gasteiger partial charge in [-0.3, -0.25) is 0 Å². The van der Waals surface area contributed by atoms with Crippen LogP contribution in [-0.4, -0.2) is 40.6 Å². The summed E-state index contributed by atoms with van der Waals surface area (Å²) >= 11 is 5.24. The molecule has 2 aromatic heterocycles. The number of alkyl halides is 1. The van der Waals surface area contributed by atoms with E-state index >= 15 is 0 Å². The third-order valence-electron chi connectivity index (χ3n) is 3.31. The van der Waals surface area contributed by atoms with Crippen molar-refractivity contribution in [1.82, 2.24) is 9.97 Å². The van der Waals surface area contributed by atoms with Crippen molar-refractivity contribution in [2.75, 3.05) is 23.3 Å². The monoisotopic (exact) mass is 341 g/mol. The fourth-order valence-electron chi connectivity index (χ4n) is 2.49. The molecular weight excluding hydrogens is 326 g/mol. The maximum atomic E-state index is 5.88. The number of hydrogen-bond donors (Lipinski definition) is 0. The molecule has 3 heterocycles. The van der Waals surface area contributed by atoms with E-state index in [1.54, 1.807) is 17.7 Å². The van der Waals surface area contributed by atoms with Gasteiger partial charge < -0.3 is 9.64 Å². The van der Waals surface area contributed by atoms with Gasteiger partial charge in [-0.25, -0.2) is 9.97 Å². The minimum Gasteiger partial charge on any atom is -0.371 e. The maximum absolute atomic E-state index is 5.88. The van der Waals surface area contributed by atoms with Crippen LogP contribution in [0, 0.1) is 6.92 Å². The summed E-state index contributed by atoms with van der Waals surface area (Å²) < 4.78 is 7.06. The molecule has 1 aliphatic rings. The summed E-state index contributed by atoms with van der Waals surface area (Å²) in [4.78, 5) is 11.2. The standard InChI is InChI=1S/C13H16BrN3OS/c1-8-6-19-12-11(8)15-7-16-13(12)17-4-9(2)18-10(3-14)5-17/h6-7,9-10H,3-5H2,1-2H3. The highest BCUT2D eigenvalue weighted by Crippen LogP contribution is 2.32. The van der Waals surface area contributed by atoms with Gasteiger partial charge in [0.05, 0.1) is 22.4 Å². The van der Waals surface area contributed by atoms with Crippen LogP contribution < -0.4 is 4.90 Å². The van der Waals surface area contributed by atoms with Crippen molar-refractivity contribution in [2.45, 2.75) is 26.1 Å². The number of hydrogen-bond acceptors (Lipinski definition) is 5. The Kier molecular flexibility index (Phi) is 3.73. The fraction of sp³-hybridized carbons (Fsp3) is 0.538. The van der Waals surface area contributed by atoms with Crippen LogP contribution in [0.1, 0.15) is 12.5 Å². The zero-order valence-electron chi connectivity index (χ0n) is 11.0. The number of fused-ring (bicyclic) bond motifs is 1. The molecule has 0 N–H and O–H groups in total. The van der Waals surface area contributed by atoms with E-state index in [1.165, 1.54) is 10.3 Å². The Morgan fingerprint density at radius 3 is 3.11 bits per heavy atom. The molecule has 0 amide bonds. The van der Waals surface area contributed by atoms with Gasteiger partial charge in [-0.05, 0) is 24.8 Å². The van der Waals surface area contributed by atoms with Gasteiger partial charge >= 0.3 is 0 Å². The number of morpholine rings is 1. The molecule has 1 fully saturated rings. The molecule has 0 saturated carbocycles. The van der Waals surface area contributed by atoms with E-state index in [9.17, 15) is 0 Å². The molecule has 2 atom stereocenters. The predicted molar refractivity (Wildman–Crippen MR) is 82.5 cm³/mol. The molecule has 0 aromatic carbocycles. The van der Waals surface area contributed by atoms with Gasteiger partial charge in [0, 0.05) is 18.4 Å². The highest BCUT2D eigenvalue weighted by Gasteiger charge is 2.27. The van der Waals surface area contributed by atoms with Gasteiger partial charge in [-0.2, -0.15) is 0 Å². The summed E-state index contributed by atoms with van der Waals surface area (Å²) in [6, 6.07) is 0. The van der Waals surface area contributed by atoms with Crippen LogP contribution in [-0.2, 0) is 4.74 Å². The molecule has 1 saturated heterocycles. The van der Waals surface area contributed by atoms with Crippen LogP contribution in [0.4, 0.5) is 5.82 Å². The molecule has 2 aromatic rings. The number of ether oxygens (including phenoxy) is 1. The first kappa shape index (κ1) is 13.3. The molecular formula is C13H16BrN3OS. The molecule has 4 nitrogen and oxygen atoms in total. The Balaban J connectivity index is 1.99. The first-order chi connectivity index (χ1) is 9.19. The molecule has 3 rings (SSSR count). The number of aromatic nitrogens is 2. The van der Waals surface area contributed by atoms with E-state index in [2.05, 4.69) is 50.0 Å². The van der Waals surface area contributed by atoms with Crippen LogP contribution in [0.2, 0.25) is 0 Å². The summed E-state index contributed by atoms with van der Waals surface area (Å²) in [5.41, 5.74) is 2.30. The Hall–Kier alpha value is -0.720. The average Bonchev–Trinajstić information content (AvgIpc) is 2.80. The Bertz CT molecular complexity index is 588. The number of nitrogens with zero attached hydrogens (tertiary/aromatic N) is 3. The van der Waals surface area contributed by atoms with Crippen molar-refractivity contribution < 1.29 is 4.74 Å². The van der Waals surface area contributed by atoms with Gasteiger partial charge in [0.1, 0.15) is 12.1 Å². The van der Waals surface area contributed by atoms with Crippen LogP contribution in [0.5, 0.6) is 0 Å². The van der Waals surface area contributed by atoms with E-state index in [0.29, 0.717) is 0 Å². The molecule has 6 heteroatoms. The fourth-order valence-corrected chi connectivity index (χ4v) is 3.86. The third kappa shape index (κ3) is 2.49. The second-order valence-corrected chi connectivity index (χ2v) is 6.45. The summed E-state index contributed by atoms with van der Waals surface area (Å²) in [5, 5.41) is 3.00. The predicted octanol–water partition coefficient (Wildman–Crippen LogP) is 2.99. The van der Waals surface area contributed by atoms with E-state index in [0.717, 1.165) is 29.8 Å². The molecule has 102 valence electrons. The first-order valence-electron chi connectivity index (χ1n) is 6.34. The molecule has 0 aliphatic carbocycles. The second-order valence-electron chi connectivity index (χ2n) is 4.92. The smallest absolute Gasteiger partial charge is 0.150 e. The molecule has 0 spiro atoms. The Morgan fingerprint density at radius 1 is 1.47 bits per heavy atom. The number of rotatable bonds is 2. The van der Waals surface area contributed by atoms with Crippen LogP contribution in [0.3, 0.4) is 0 Å². The lowest BCUT2D eigenvalue weighted by Crippen LogP contribution is -2.47. The van der Waals surface area contributed by atoms with Crippen molar-refractivity contribution in [2.24, 2.45) is 0 Å². The normalized spacial score (nSPS) is 24.1. The molecule has 1 aliphatic heterocycles. The van der Waals surface area contributed by atoms with Gasteiger partial charge in [0.25, 0.3) is 0 Å². The van der Waals surface area contributed by atoms with Gasteiger partial charge in [-0.1, -0.05) is 15.9 Å².